The molecule has 2 amide bonds. The molecular formula is C23H25N5O2. The van der Waals surface area contributed by atoms with E-state index in [4.69, 9.17) is 4.98 Å². The molecule has 0 saturated carbocycles. The fourth-order valence-electron chi connectivity index (χ4n) is 3.03. The Hall–Kier alpha value is -3.61. The van der Waals surface area contributed by atoms with E-state index in [0.29, 0.717) is 22.8 Å². The normalized spacial score (nSPS) is 11.1. The fraction of sp³-hybridized carbons (Fsp3) is 0.261. The molecule has 0 aliphatic heterocycles. The van der Waals surface area contributed by atoms with Crippen LogP contribution in [0.4, 0.5) is 11.6 Å². The van der Waals surface area contributed by atoms with Crippen molar-refractivity contribution in [1.82, 2.24) is 15.0 Å². The zero-order valence-corrected chi connectivity index (χ0v) is 17.8. The van der Waals surface area contributed by atoms with Crippen molar-refractivity contribution in [2.24, 2.45) is 0 Å². The van der Waals surface area contributed by atoms with Crippen LogP contribution in [0.5, 0.6) is 0 Å². The lowest BCUT2D eigenvalue weighted by Gasteiger charge is -2.28. The third-order valence-corrected chi connectivity index (χ3v) is 4.76. The molecule has 0 radical (unpaired) electrons. The number of anilines is 2. The molecule has 7 heteroatoms. The number of carbonyl (C=O) groups excluding carboxylic acids is 2. The monoisotopic (exact) mass is 403 g/mol. The molecular weight excluding hydrogens is 378 g/mol. The summed E-state index contributed by atoms with van der Waals surface area (Å²) >= 11 is 0. The number of amides is 2. The highest BCUT2D eigenvalue weighted by molar-refractivity contribution is 6.07. The Morgan fingerprint density at radius 3 is 1.80 bits per heavy atom. The predicted molar refractivity (Wildman–Crippen MR) is 117 cm³/mol. The lowest BCUT2D eigenvalue weighted by Crippen LogP contribution is -2.32. The number of carbonyl (C=O) groups is 2. The summed E-state index contributed by atoms with van der Waals surface area (Å²) in [5.41, 5.74) is 1.57. The van der Waals surface area contributed by atoms with Crippen molar-refractivity contribution >= 4 is 23.5 Å². The van der Waals surface area contributed by atoms with Crippen LogP contribution >= 0.6 is 0 Å². The lowest BCUT2D eigenvalue weighted by atomic mass is 9.87. The number of hydrogen-bond acceptors (Lipinski definition) is 5. The molecule has 30 heavy (non-hydrogen) atoms. The van der Waals surface area contributed by atoms with Crippen LogP contribution in [0.2, 0.25) is 0 Å². The molecule has 7 nitrogen and oxygen atoms in total. The molecule has 3 aromatic rings. The number of rotatable bonds is 4. The first kappa shape index (κ1) is 21.1. The highest BCUT2D eigenvalue weighted by Gasteiger charge is 2.26. The van der Waals surface area contributed by atoms with Crippen LogP contribution in [-0.2, 0) is 5.41 Å². The van der Waals surface area contributed by atoms with Gasteiger partial charge < -0.3 is 0 Å². The summed E-state index contributed by atoms with van der Waals surface area (Å²) < 4.78 is 0. The van der Waals surface area contributed by atoms with Crippen LogP contribution < -0.4 is 9.80 Å². The maximum Gasteiger partial charge on any atom is 0.260 e. The smallest absolute Gasteiger partial charge is 0.260 e. The predicted octanol–water partition coefficient (Wildman–Crippen LogP) is 3.72. The quantitative estimate of drug-likeness (QED) is 0.663. The molecule has 3 aromatic heterocycles. The van der Waals surface area contributed by atoms with Gasteiger partial charge in [0.05, 0.1) is 11.1 Å². The highest BCUT2D eigenvalue weighted by atomic mass is 16.2. The Bertz CT molecular complexity index is 1050. The van der Waals surface area contributed by atoms with E-state index < -0.39 is 0 Å². The fourth-order valence-corrected chi connectivity index (χ4v) is 3.03. The van der Waals surface area contributed by atoms with Crippen LogP contribution in [0, 0.1) is 0 Å². The largest absolute Gasteiger partial charge is 0.296 e. The molecule has 0 bridgehead atoms. The summed E-state index contributed by atoms with van der Waals surface area (Å²) in [5, 5.41) is 0. The molecule has 0 saturated heterocycles. The van der Waals surface area contributed by atoms with Gasteiger partial charge in [0.25, 0.3) is 11.8 Å². The van der Waals surface area contributed by atoms with Crippen molar-refractivity contribution in [2.45, 2.75) is 26.2 Å². The summed E-state index contributed by atoms with van der Waals surface area (Å²) in [6, 6.07) is 10.6. The molecule has 0 unspecified atom stereocenters. The minimum absolute atomic E-state index is 0.223. The number of hydrogen-bond donors (Lipinski definition) is 0. The van der Waals surface area contributed by atoms with Gasteiger partial charge in [-0.15, -0.1) is 0 Å². The molecule has 3 heterocycles. The molecule has 0 aliphatic carbocycles. The van der Waals surface area contributed by atoms with Crippen LogP contribution in [0.25, 0.3) is 0 Å². The second-order valence-electron chi connectivity index (χ2n) is 8.00. The number of aromatic nitrogens is 3. The van der Waals surface area contributed by atoms with Crippen LogP contribution in [0.15, 0.2) is 61.2 Å². The van der Waals surface area contributed by atoms with Crippen molar-refractivity contribution in [3.8, 4) is 0 Å². The Kier molecular flexibility index (Phi) is 5.91. The zero-order chi connectivity index (χ0) is 21.9. The summed E-state index contributed by atoms with van der Waals surface area (Å²) in [5.74, 6) is 0.489. The zero-order valence-electron chi connectivity index (χ0n) is 17.8. The number of nitrogens with zero attached hydrogens (tertiary/aromatic N) is 5. The van der Waals surface area contributed by atoms with Gasteiger partial charge in [0.15, 0.2) is 0 Å². The lowest BCUT2D eigenvalue weighted by molar-refractivity contribution is 0.0986. The second kappa shape index (κ2) is 8.41. The van der Waals surface area contributed by atoms with Crippen molar-refractivity contribution in [3.63, 3.8) is 0 Å². The molecule has 0 fully saturated rings. The molecule has 0 spiro atoms. The Balaban J connectivity index is 2.02. The Labute approximate surface area is 176 Å². The van der Waals surface area contributed by atoms with E-state index in [2.05, 4.69) is 30.7 Å². The van der Waals surface area contributed by atoms with E-state index in [1.54, 1.807) is 56.8 Å². The van der Waals surface area contributed by atoms with Gasteiger partial charge in [-0.3, -0.25) is 29.4 Å². The van der Waals surface area contributed by atoms with Crippen LogP contribution in [-0.4, -0.2) is 40.9 Å². The van der Waals surface area contributed by atoms with E-state index in [-0.39, 0.29) is 17.2 Å². The van der Waals surface area contributed by atoms with Crippen molar-refractivity contribution in [3.05, 3.63) is 77.9 Å². The van der Waals surface area contributed by atoms with E-state index in [9.17, 15) is 9.59 Å². The maximum atomic E-state index is 13.0. The summed E-state index contributed by atoms with van der Waals surface area (Å²) in [7, 11) is 3.33. The SMILES string of the molecule is CN(C(=O)c1cccnc1)c1ccc(C(C)(C)C)c(N(C)C(=O)c2cccnc2)n1. The van der Waals surface area contributed by atoms with Crippen molar-refractivity contribution < 1.29 is 9.59 Å². The third-order valence-electron chi connectivity index (χ3n) is 4.76. The van der Waals surface area contributed by atoms with Gasteiger partial charge in [-0.2, -0.15) is 0 Å². The minimum Gasteiger partial charge on any atom is -0.296 e. The van der Waals surface area contributed by atoms with Crippen LogP contribution in [0.1, 0.15) is 47.1 Å². The summed E-state index contributed by atoms with van der Waals surface area (Å²) in [4.78, 5) is 41.5. The van der Waals surface area contributed by atoms with Gasteiger partial charge in [-0.05, 0) is 35.7 Å². The molecule has 0 atom stereocenters. The van der Waals surface area contributed by atoms with Gasteiger partial charge >= 0.3 is 0 Å². The van der Waals surface area contributed by atoms with Gasteiger partial charge in [0, 0.05) is 44.4 Å². The Morgan fingerprint density at radius 2 is 1.33 bits per heavy atom. The molecule has 3 rings (SSSR count). The first-order valence-electron chi connectivity index (χ1n) is 9.58. The van der Waals surface area contributed by atoms with Gasteiger partial charge in [0.2, 0.25) is 0 Å². The average molecular weight is 403 g/mol. The topological polar surface area (TPSA) is 79.3 Å². The maximum absolute atomic E-state index is 13.0. The molecule has 0 aromatic carbocycles. The molecule has 154 valence electrons. The molecule has 0 N–H and O–H groups in total. The highest BCUT2D eigenvalue weighted by Crippen LogP contribution is 2.32. The van der Waals surface area contributed by atoms with Crippen LogP contribution in [0.3, 0.4) is 0 Å². The summed E-state index contributed by atoms with van der Waals surface area (Å²) in [6.45, 7) is 6.17. The first-order chi connectivity index (χ1) is 14.2. The van der Waals surface area contributed by atoms with E-state index in [1.165, 1.54) is 22.2 Å². The molecule has 0 aliphatic rings. The second-order valence-corrected chi connectivity index (χ2v) is 8.00. The van der Waals surface area contributed by atoms with E-state index >= 15 is 0 Å². The third kappa shape index (κ3) is 4.35. The summed E-state index contributed by atoms with van der Waals surface area (Å²) in [6.07, 6.45) is 6.28. The minimum atomic E-state index is -0.254. The van der Waals surface area contributed by atoms with E-state index in [1.807, 2.05) is 6.07 Å². The average Bonchev–Trinajstić information content (AvgIpc) is 2.77. The van der Waals surface area contributed by atoms with Crippen molar-refractivity contribution in [1.29, 1.82) is 0 Å². The number of pyridine rings is 3. The standard InChI is InChI=1S/C23H25N5O2/c1-23(2,3)18-10-11-19(27(4)21(29)16-8-6-12-24-14-16)26-20(18)28(5)22(30)17-9-7-13-25-15-17/h6-15H,1-5H3. The van der Waals surface area contributed by atoms with Gasteiger partial charge in [0.1, 0.15) is 11.6 Å². The van der Waals surface area contributed by atoms with Gasteiger partial charge in [-0.25, -0.2) is 4.98 Å². The Morgan fingerprint density at radius 1 is 0.800 bits per heavy atom. The van der Waals surface area contributed by atoms with Crippen molar-refractivity contribution in [2.75, 3.05) is 23.9 Å². The first-order valence-corrected chi connectivity index (χ1v) is 9.58. The van der Waals surface area contributed by atoms with E-state index in [0.717, 1.165) is 5.56 Å². The van der Waals surface area contributed by atoms with Gasteiger partial charge in [-0.1, -0.05) is 26.8 Å².